The number of carbonyl (C=O) groups is 1. The number of rotatable bonds is 10. The van der Waals surface area contributed by atoms with Gasteiger partial charge in [-0.15, -0.1) is 0 Å². The number of likely N-dealkylation sites (N-methyl/N-ethyl adjacent to an activating group) is 1. The van der Waals surface area contributed by atoms with Crippen molar-refractivity contribution in [2.24, 2.45) is 0 Å². The van der Waals surface area contributed by atoms with E-state index in [1.54, 1.807) is 18.9 Å². The average molecular weight is 323 g/mol. The second kappa shape index (κ2) is 10.2. The molecule has 1 aromatic rings. The Balaban J connectivity index is 2.46. The maximum Gasteiger partial charge on any atom is 0.251 e. The van der Waals surface area contributed by atoms with Crippen LogP contribution in [-0.2, 0) is 20.7 Å². The quantitative estimate of drug-likeness (QED) is 0.621. The van der Waals surface area contributed by atoms with Gasteiger partial charge in [0, 0.05) is 19.7 Å². The SMILES string of the molecule is CCOCCO[C@H](C)C(=O)N(C)[C@@H](C)Cc1ccc(OC)cc1. The third kappa shape index (κ3) is 6.59. The number of hydrogen-bond acceptors (Lipinski definition) is 4. The van der Waals surface area contributed by atoms with Crippen LogP contribution in [0.5, 0.6) is 5.75 Å². The fourth-order valence-electron chi connectivity index (χ4n) is 2.24. The summed E-state index contributed by atoms with van der Waals surface area (Å²) in [5.41, 5.74) is 1.17. The molecule has 0 aliphatic carbocycles. The van der Waals surface area contributed by atoms with Gasteiger partial charge in [0.15, 0.2) is 0 Å². The van der Waals surface area contributed by atoms with Crippen molar-refractivity contribution in [1.29, 1.82) is 0 Å². The van der Waals surface area contributed by atoms with E-state index in [1.807, 2.05) is 45.2 Å². The minimum Gasteiger partial charge on any atom is -0.497 e. The number of hydrogen-bond donors (Lipinski definition) is 0. The molecule has 0 fully saturated rings. The molecule has 0 bridgehead atoms. The van der Waals surface area contributed by atoms with E-state index >= 15 is 0 Å². The maximum absolute atomic E-state index is 12.4. The number of benzene rings is 1. The average Bonchev–Trinajstić information content (AvgIpc) is 2.57. The summed E-state index contributed by atoms with van der Waals surface area (Å²) < 4.78 is 15.9. The molecule has 130 valence electrons. The molecular weight excluding hydrogens is 294 g/mol. The van der Waals surface area contributed by atoms with Crippen molar-refractivity contribution in [2.75, 3.05) is 34.0 Å². The standard InChI is InChI=1S/C18H29NO4/c1-6-22-11-12-23-15(3)18(20)19(4)14(2)13-16-7-9-17(21-5)10-8-16/h7-10,14-15H,6,11-13H2,1-5H3/t14-,15+/m0/s1. The Morgan fingerprint density at radius 1 is 1.17 bits per heavy atom. The lowest BCUT2D eigenvalue weighted by molar-refractivity contribution is -0.144. The topological polar surface area (TPSA) is 48.0 Å². The Kier molecular flexibility index (Phi) is 8.66. The fourth-order valence-corrected chi connectivity index (χ4v) is 2.24. The van der Waals surface area contributed by atoms with Crippen LogP contribution in [0.3, 0.4) is 0 Å². The largest absolute Gasteiger partial charge is 0.497 e. The van der Waals surface area contributed by atoms with Crippen molar-refractivity contribution in [3.05, 3.63) is 29.8 Å². The Morgan fingerprint density at radius 2 is 1.83 bits per heavy atom. The van der Waals surface area contributed by atoms with Gasteiger partial charge in [0.05, 0.1) is 20.3 Å². The molecule has 1 aromatic carbocycles. The van der Waals surface area contributed by atoms with E-state index in [4.69, 9.17) is 14.2 Å². The monoisotopic (exact) mass is 323 g/mol. The summed E-state index contributed by atoms with van der Waals surface area (Å²) in [5, 5.41) is 0. The van der Waals surface area contributed by atoms with Gasteiger partial charge >= 0.3 is 0 Å². The predicted octanol–water partition coefficient (Wildman–Crippen LogP) is 2.53. The van der Waals surface area contributed by atoms with E-state index in [0.717, 1.165) is 12.2 Å². The molecule has 1 amide bonds. The first-order valence-corrected chi connectivity index (χ1v) is 8.08. The number of nitrogens with zero attached hydrogens (tertiary/aromatic N) is 1. The highest BCUT2D eigenvalue weighted by Crippen LogP contribution is 2.14. The third-order valence-corrected chi connectivity index (χ3v) is 3.85. The highest BCUT2D eigenvalue weighted by Gasteiger charge is 2.22. The molecule has 0 aliphatic rings. The van der Waals surface area contributed by atoms with E-state index in [-0.39, 0.29) is 11.9 Å². The van der Waals surface area contributed by atoms with E-state index in [0.29, 0.717) is 19.8 Å². The summed E-state index contributed by atoms with van der Waals surface area (Å²) >= 11 is 0. The third-order valence-electron chi connectivity index (χ3n) is 3.85. The van der Waals surface area contributed by atoms with Crippen LogP contribution in [0.1, 0.15) is 26.3 Å². The van der Waals surface area contributed by atoms with E-state index in [1.165, 1.54) is 5.56 Å². The Labute approximate surface area is 139 Å². The van der Waals surface area contributed by atoms with E-state index in [9.17, 15) is 4.79 Å². The molecule has 0 unspecified atom stereocenters. The summed E-state index contributed by atoms with van der Waals surface area (Å²) in [6.45, 7) is 7.36. The highest BCUT2D eigenvalue weighted by atomic mass is 16.5. The fraction of sp³-hybridized carbons (Fsp3) is 0.611. The zero-order valence-corrected chi connectivity index (χ0v) is 14.9. The van der Waals surface area contributed by atoms with Gasteiger partial charge in [-0.05, 0) is 44.9 Å². The molecule has 0 N–H and O–H groups in total. The summed E-state index contributed by atoms with van der Waals surface area (Å²) in [7, 11) is 3.47. The molecular formula is C18H29NO4. The summed E-state index contributed by atoms with van der Waals surface area (Å²) in [5.74, 6) is 0.824. The van der Waals surface area contributed by atoms with Gasteiger partial charge in [-0.1, -0.05) is 12.1 Å². The smallest absolute Gasteiger partial charge is 0.251 e. The zero-order chi connectivity index (χ0) is 17.2. The normalized spacial score (nSPS) is 13.4. The molecule has 5 heteroatoms. The van der Waals surface area contributed by atoms with Crippen molar-refractivity contribution in [3.8, 4) is 5.75 Å². The molecule has 5 nitrogen and oxygen atoms in total. The van der Waals surface area contributed by atoms with E-state index in [2.05, 4.69) is 0 Å². The first-order valence-electron chi connectivity index (χ1n) is 8.08. The van der Waals surface area contributed by atoms with Crippen LogP contribution in [0.15, 0.2) is 24.3 Å². The molecule has 0 spiro atoms. The van der Waals surface area contributed by atoms with Gasteiger partial charge in [0.2, 0.25) is 0 Å². The second-order valence-corrected chi connectivity index (χ2v) is 5.56. The summed E-state index contributed by atoms with van der Waals surface area (Å²) in [6.07, 6.45) is 0.330. The second-order valence-electron chi connectivity index (χ2n) is 5.56. The Hall–Kier alpha value is -1.59. The predicted molar refractivity (Wildman–Crippen MR) is 90.8 cm³/mol. The molecule has 0 radical (unpaired) electrons. The molecule has 2 atom stereocenters. The van der Waals surface area contributed by atoms with Crippen LogP contribution in [-0.4, -0.2) is 56.9 Å². The van der Waals surface area contributed by atoms with Crippen LogP contribution in [0, 0.1) is 0 Å². The molecule has 1 rings (SSSR count). The first kappa shape index (κ1) is 19.5. The van der Waals surface area contributed by atoms with Crippen molar-refractivity contribution >= 4 is 5.91 Å². The van der Waals surface area contributed by atoms with Crippen LogP contribution >= 0.6 is 0 Å². The highest BCUT2D eigenvalue weighted by molar-refractivity contribution is 5.80. The van der Waals surface area contributed by atoms with Crippen LogP contribution < -0.4 is 4.74 Å². The van der Waals surface area contributed by atoms with Gasteiger partial charge in [0.25, 0.3) is 5.91 Å². The van der Waals surface area contributed by atoms with Crippen molar-refractivity contribution < 1.29 is 19.0 Å². The molecule has 0 heterocycles. The van der Waals surface area contributed by atoms with Crippen LogP contribution in [0.25, 0.3) is 0 Å². The minimum atomic E-state index is -0.459. The maximum atomic E-state index is 12.4. The van der Waals surface area contributed by atoms with Crippen molar-refractivity contribution in [1.82, 2.24) is 4.90 Å². The number of amides is 1. The van der Waals surface area contributed by atoms with Crippen molar-refractivity contribution in [2.45, 2.75) is 39.3 Å². The van der Waals surface area contributed by atoms with E-state index < -0.39 is 6.10 Å². The zero-order valence-electron chi connectivity index (χ0n) is 14.9. The molecule has 0 saturated carbocycles. The van der Waals surface area contributed by atoms with Gasteiger partial charge < -0.3 is 19.1 Å². The molecule has 0 aromatic heterocycles. The molecule has 0 aliphatic heterocycles. The van der Waals surface area contributed by atoms with Crippen molar-refractivity contribution in [3.63, 3.8) is 0 Å². The Bertz CT molecular complexity index is 461. The lowest BCUT2D eigenvalue weighted by Gasteiger charge is -2.28. The summed E-state index contributed by atoms with van der Waals surface area (Å²) in [6, 6.07) is 8.01. The van der Waals surface area contributed by atoms with Gasteiger partial charge in [-0.3, -0.25) is 4.79 Å². The van der Waals surface area contributed by atoms with Crippen LogP contribution in [0.4, 0.5) is 0 Å². The molecule has 0 saturated heterocycles. The minimum absolute atomic E-state index is 0.0116. The number of methoxy groups -OCH3 is 1. The number of carbonyl (C=O) groups excluding carboxylic acids is 1. The Morgan fingerprint density at radius 3 is 2.39 bits per heavy atom. The first-order chi connectivity index (χ1) is 11.0. The molecule has 23 heavy (non-hydrogen) atoms. The summed E-state index contributed by atoms with van der Waals surface area (Å²) in [4.78, 5) is 14.1. The van der Waals surface area contributed by atoms with Gasteiger partial charge in [-0.25, -0.2) is 0 Å². The number of ether oxygens (including phenoxy) is 3. The van der Waals surface area contributed by atoms with Gasteiger partial charge in [0.1, 0.15) is 11.9 Å². The van der Waals surface area contributed by atoms with Gasteiger partial charge in [-0.2, -0.15) is 0 Å². The lowest BCUT2D eigenvalue weighted by atomic mass is 10.1. The lowest BCUT2D eigenvalue weighted by Crippen LogP contribution is -2.42. The van der Waals surface area contributed by atoms with Crippen LogP contribution in [0.2, 0.25) is 0 Å².